The Morgan fingerprint density at radius 1 is 1.21 bits per heavy atom. The van der Waals surface area contributed by atoms with Gasteiger partial charge in [-0.05, 0) is 36.7 Å². The number of hydrogen-bond donors (Lipinski definition) is 1. The van der Waals surface area contributed by atoms with E-state index in [0.717, 1.165) is 26.2 Å². The zero-order valence-corrected chi connectivity index (χ0v) is 12.4. The van der Waals surface area contributed by atoms with Crippen LogP contribution >= 0.6 is 11.3 Å². The molecule has 2 aromatic rings. The lowest BCUT2D eigenvalue weighted by atomic mass is 10.1. The van der Waals surface area contributed by atoms with Gasteiger partial charge >= 0.3 is 0 Å². The van der Waals surface area contributed by atoms with Crippen LogP contribution in [0.3, 0.4) is 0 Å². The van der Waals surface area contributed by atoms with Crippen molar-refractivity contribution in [3.8, 4) is 0 Å². The number of hydrogen-bond acceptors (Lipinski definition) is 3. The van der Waals surface area contributed by atoms with E-state index in [2.05, 4.69) is 47.5 Å². The fourth-order valence-corrected chi connectivity index (χ4v) is 3.83. The van der Waals surface area contributed by atoms with Crippen LogP contribution < -0.4 is 5.32 Å². The maximum Gasteiger partial charge on any atom is 0.0296 e. The molecule has 0 fully saturated rings. The summed E-state index contributed by atoms with van der Waals surface area (Å²) in [6.45, 7) is 6.47. The summed E-state index contributed by atoms with van der Waals surface area (Å²) in [5, 5.41) is 3.23. The Balaban J connectivity index is 1.70. The molecule has 0 spiro atoms. The molecule has 2 heterocycles. The zero-order chi connectivity index (χ0) is 13.2. The molecule has 1 aliphatic heterocycles. The van der Waals surface area contributed by atoms with Gasteiger partial charge in [0, 0.05) is 35.9 Å². The number of thiophene rings is 1. The Kier molecular flexibility index (Phi) is 3.69. The van der Waals surface area contributed by atoms with Crippen molar-refractivity contribution in [3.63, 3.8) is 0 Å². The molecule has 0 saturated carbocycles. The van der Waals surface area contributed by atoms with Crippen molar-refractivity contribution >= 4 is 11.3 Å². The largest absolute Gasteiger partial charge is 0.315 e. The van der Waals surface area contributed by atoms with Gasteiger partial charge in [-0.15, -0.1) is 11.3 Å². The van der Waals surface area contributed by atoms with Gasteiger partial charge in [0.25, 0.3) is 0 Å². The minimum absolute atomic E-state index is 0.978. The molecule has 0 aliphatic carbocycles. The van der Waals surface area contributed by atoms with Crippen LogP contribution in [0.2, 0.25) is 0 Å². The van der Waals surface area contributed by atoms with E-state index >= 15 is 0 Å². The standard InChI is InChI=1S/C16H20N2S/c1-12-15(7-16(19-12)8-17-2)11-18-9-13-5-3-4-6-14(13)10-18/h3-7,17H,8-11H2,1-2H3. The lowest BCUT2D eigenvalue weighted by molar-refractivity contribution is 0.275. The van der Waals surface area contributed by atoms with Crippen LogP contribution in [-0.4, -0.2) is 11.9 Å². The van der Waals surface area contributed by atoms with Crippen LogP contribution in [0.4, 0.5) is 0 Å². The Labute approximate surface area is 119 Å². The van der Waals surface area contributed by atoms with E-state index in [1.165, 1.54) is 26.4 Å². The average Bonchev–Trinajstić information content (AvgIpc) is 2.94. The van der Waals surface area contributed by atoms with E-state index in [-0.39, 0.29) is 0 Å². The molecule has 2 nitrogen and oxygen atoms in total. The summed E-state index contributed by atoms with van der Waals surface area (Å²) >= 11 is 1.92. The second-order valence-corrected chi connectivity index (χ2v) is 6.58. The van der Waals surface area contributed by atoms with Gasteiger partial charge in [-0.25, -0.2) is 0 Å². The van der Waals surface area contributed by atoms with Gasteiger partial charge < -0.3 is 5.32 Å². The Morgan fingerprint density at radius 2 is 1.89 bits per heavy atom. The van der Waals surface area contributed by atoms with Crippen molar-refractivity contribution in [1.82, 2.24) is 10.2 Å². The molecular formula is C16H20N2S. The minimum atomic E-state index is 0.978. The second kappa shape index (κ2) is 5.45. The first-order valence-corrected chi connectivity index (χ1v) is 7.60. The van der Waals surface area contributed by atoms with Crippen molar-refractivity contribution in [3.05, 3.63) is 56.8 Å². The summed E-state index contributed by atoms with van der Waals surface area (Å²) in [4.78, 5) is 5.43. The third kappa shape index (κ3) is 2.73. The first-order valence-electron chi connectivity index (χ1n) is 6.78. The van der Waals surface area contributed by atoms with Crippen molar-refractivity contribution in [2.45, 2.75) is 33.1 Å². The molecule has 0 saturated heterocycles. The van der Waals surface area contributed by atoms with Gasteiger partial charge in [0.2, 0.25) is 0 Å². The number of nitrogens with zero attached hydrogens (tertiary/aromatic N) is 1. The molecule has 3 heteroatoms. The number of benzene rings is 1. The van der Waals surface area contributed by atoms with Gasteiger partial charge in [-0.1, -0.05) is 24.3 Å². The maximum atomic E-state index is 3.23. The lowest BCUT2D eigenvalue weighted by Gasteiger charge is -2.14. The van der Waals surface area contributed by atoms with Crippen LogP contribution in [0.15, 0.2) is 30.3 Å². The molecule has 1 aromatic heterocycles. The molecule has 1 aliphatic rings. The van der Waals surface area contributed by atoms with Gasteiger partial charge in [-0.3, -0.25) is 4.90 Å². The molecule has 0 unspecified atom stereocenters. The second-order valence-electron chi connectivity index (χ2n) is 5.24. The predicted octanol–water partition coefficient (Wildman–Crippen LogP) is 3.29. The average molecular weight is 272 g/mol. The van der Waals surface area contributed by atoms with Crippen molar-refractivity contribution in [2.24, 2.45) is 0 Å². The van der Waals surface area contributed by atoms with Crippen molar-refractivity contribution in [1.29, 1.82) is 0 Å². The highest BCUT2D eigenvalue weighted by molar-refractivity contribution is 7.12. The molecule has 0 amide bonds. The highest BCUT2D eigenvalue weighted by Crippen LogP contribution is 2.27. The topological polar surface area (TPSA) is 15.3 Å². The summed E-state index contributed by atoms with van der Waals surface area (Å²) in [5.74, 6) is 0. The Morgan fingerprint density at radius 3 is 2.53 bits per heavy atom. The summed E-state index contributed by atoms with van der Waals surface area (Å²) in [6.07, 6.45) is 0. The SMILES string of the molecule is CNCc1cc(CN2Cc3ccccc3C2)c(C)s1. The van der Waals surface area contributed by atoms with Crippen LogP contribution in [0, 0.1) is 6.92 Å². The molecule has 1 aromatic carbocycles. The van der Waals surface area contributed by atoms with Gasteiger partial charge in [0.05, 0.1) is 0 Å². The van der Waals surface area contributed by atoms with E-state index in [1.54, 1.807) is 0 Å². The molecule has 3 rings (SSSR count). The first kappa shape index (κ1) is 12.9. The minimum Gasteiger partial charge on any atom is -0.315 e. The fourth-order valence-electron chi connectivity index (χ4n) is 2.76. The van der Waals surface area contributed by atoms with E-state index in [1.807, 2.05) is 18.4 Å². The number of nitrogens with one attached hydrogen (secondary N) is 1. The highest BCUT2D eigenvalue weighted by Gasteiger charge is 2.19. The van der Waals surface area contributed by atoms with Crippen molar-refractivity contribution in [2.75, 3.05) is 7.05 Å². The fraction of sp³-hybridized carbons (Fsp3) is 0.375. The molecule has 100 valence electrons. The summed E-state index contributed by atoms with van der Waals surface area (Å²) in [6, 6.07) is 11.1. The third-order valence-electron chi connectivity index (χ3n) is 3.72. The zero-order valence-electron chi connectivity index (χ0n) is 11.6. The molecule has 0 atom stereocenters. The lowest BCUT2D eigenvalue weighted by Crippen LogP contribution is -2.15. The maximum absolute atomic E-state index is 3.23. The molecule has 19 heavy (non-hydrogen) atoms. The number of aryl methyl sites for hydroxylation is 1. The molecular weight excluding hydrogens is 252 g/mol. The van der Waals surface area contributed by atoms with Crippen LogP contribution in [0.5, 0.6) is 0 Å². The van der Waals surface area contributed by atoms with Gasteiger partial charge in [0.15, 0.2) is 0 Å². The molecule has 1 N–H and O–H groups in total. The van der Waals surface area contributed by atoms with E-state index in [9.17, 15) is 0 Å². The normalized spacial score (nSPS) is 14.8. The Bertz CT molecular complexity index is 549. The Hall–Kier alpha value is -1.16. The quantitative estimate of drug-likeness (QED) is 0.919. The molecule has 0 bridgehead atoms. The monoisotopic (exact) mass is 272 g/mol. The van der Waals surface area contributed by atoms with E-state index in [4.69, 9.17) is 0 Å². The highest BCUT2D eigenvalue weighted by atomic mass is 32.1. The van der Waals surface area contributed by atoms with E-state index in [0.29, 0.717) is 0 Å². The summed E-state index contributed by atoms with van der Waals surface area (Å²) in [5.41, 5.74) is 4.47. The van der Waals surface area contributed by atoms with Gasteiger partial charge in [0.1, 0.15) is 0 Å². The third-order valence-corrected chi connectivity index (χ3v) is 4.82. The van der Waals surface area contributed by atoms with Crippen LogP contribution in [0.1, 0.15) is 26.4 Å². The van der Waals surface area contributed by atoms with E-state index < -0.39 is 0 Å². The number of fused-ring (bicyclic) bond motifs is 1. The van der Waals surface area contributed by atoms with Crippen molar-refractivity contribution < 1.29 is 0 Å². The smallest absolute Gasteiger partial charge is 0.0296 e. The molecule has 0 radical (unpaired) electrons. The summed E-state index contributed by atoms with van der Waals surface area (Å²) in [7, 11) is 2.01. The van der Waals surface area contributed by atoms with Crippen LogP contribution in [0.25, 0.3) is 0 Å². The summed E-state index contributed by atoms with van der Waals surface area (Å²) < 4.78 is 0. The first-order chi connectivity index (χ1) is 9.26. The van der Waals surface area contributed by atoms with Crippen LogP contribution in [-0.2, 0) is 26.2 Å². The van der Waals surface area contributed by atoms with Gasteiger partial charge in [-0.2, -0.15) is 0 Å². The predicted molar refractivity (Wildman–Crippen MR) is 81.2 cm³/mol. The number of rotatable bonds is 4.